The number of hydrogen-bond donors (Lipinski definition) is 1. The Morgan fingerprint density at radius 2 is 1.95 bits per heavy atom. The quantitative estimate of drug-likeness (QED) is 0.506. The van der Waals surface area contributed by atoms with Crippen molar-refractivity contribution in [1.29, 1.82) is 0 Å². The summed E-state index contributed by atoms with van der Waals surface area (Å²) in [7, 11) is 1.38. The maximum atomic E-state index is 11.8. The molecule has 1 N–H and O–H groups in total. The molecule has 0 aliphatic rings. The summed E-state index contributed by atoms with van der Waals surface area (Å²) in [6.45, 7) is 1.96. The van der Waals surface area contributed by atoms with Gasteiger partial charge in [0, 0.05) is 25.2 Å². The highest BCUT2D eigenvalue weighted by molar-refractivity contribution is 6.15. The lowest BCUT2D eigenvalue weighted by Crippen LogP contribution is -2.06. The van der Waals surface area contributed by atoms with Gasteiger partial charge in [-0.2, -0.15) is 0 Å². The number of aliphatic carboxylic acids is 1. The molecule has 1 aromatic carbocycles. The Labute approximate surface area is 128 Å². The van der Waals surface area contributed by atoms with Crippen molar-refractivity contribution in [3.8, 4) is 0 Å². The third-order valence-corrected chi connectivity index (χ3v) is 3.23. The van der Waals surface area contributed by atoms with Crippen LogP contribution in [0.2, 0.25) is 0 Å². The van der Waals surface area contributed by atoms with E-state index in [-0.39, 0.29) is 11.4 Å². The molecule has 0 unspecified atom stereocenters. The molecule has 114 valence electrons. The van der Waals surface area contributed by atoms with E-state index in [1.54, 1.807) is 16.8 Å². The van der Waals surface area contributed by atoms with Gasteiger partial charge in [0.05, 0.1) is 19.1 Å². The average molecular weight is 299 g/mol. The zero-order chi connectivity index (χ0) is 16.1. The first-order valence-electron chi connectivity index (χ1n) is 6.74. The molecule has 2 rings (SSSR count). The number of ketones is 1. The molecule has 22 heavy (non-hydrogen) atoms. The lowest BCUT2D eigenvalue weighted by molar-refractivity contribution is -0.130. The average Bonchev–Trinajstić information content (AvgIpc) is 2.89. The fourth-order valence-electron chi connectivity index (χ4n) is 2.23. The Morgan fingerprint density at radius 3 is 2.50 bits per heavy atom. The molecule has 0 bridgehead atoms. The molecule has 0 saturated carbocycles. The van der Waals surface area contributed by atoms with E-state index in [4.69, 9.17) is 4.74 Å². The van der Waals surface area contributed by atoms with Crippen molar-refractivity contribution in [2.45, 2.75) is 13.5 Å². The maximum absolute atomic E-state index is 11.8. The van der Waals surface area contributed by atoms with Crippen LogP contribution in [0.25, 0.3) is 5.57 Å². The van der Waals surface area contributed by atoms with Gasteiger partial charge >= 0.3 is 5.97 Å². The monoisotopic (exact) mass is 299 g/mol. The summed E-state index contributed by atoms with van der Waals surface area (Å²) in [6, 6.07) is 11.2. The summed E-state index contributed by atoms with van der Waals surface area (Å²) >= 11 is 0. The zero-order valence-corrected chi connectivity index (χ0v) is 12.4. The molecule has 5 heteroatoms. The first kappa shape index (κ1) is 15.6. The molecule has 0 aliphatic carbocycles. The Hall–Kier alpha value is -2.82. The van der Waals surface area contributed by atoms with Gasteiger partial charge in [-0.05, 0) is 11.6 Å². The van der Waals surface area contributed by atoms with E-state index in [2.05, 4.69) is 0 Å². The number of ether oxygens (including phenoxy) is 1. The molecule has 2 aromatic rings. The topological polar surface area (TPSA) is 68.5 Å². The second-order valence-electron chi connectivity index (χ2n) is 4.86. The summed E-state index contributed by atoms with van der Waals surface area (Å²) < 4.78 is 6.56. The van der Waals surface area contributed by atoms with Crippen molar-refractivity contribution < 1.29 is 19.4 Å². The number of aromatic nitrogens is 1. The highest BCUT2D eigenvalue weighted by Crippen LogP contribution is 2.20. The van der Waals surface area contributed by atoms with E-state index >= 15 is 0 Å². The SMILES string of the molecule is CO/C=C(\C(=O)O)c1cc(C(C)=O)n(Cc2ccccc2)c1. The van der Waals surface area contributed by atoms with Gasteiger partial charge in [0.25, 0.3) is 0 Å². The van der Waals surface area contributed by atoms with Gasteiger partial charge in [0.2, 0.25) is 0 Å². The Morgan fingerprint density at radius 1 is 1.27 bits per heavy atom. The summed E-state index contributed by atoms with van der Waals surface area (Å²) in [5.41, 5.74) is 1.94. The fourth-order valence-corrected chi connectivity index (χ4v) is 2.23. The second-order valence-corrected chi connectivity index (χ2v) is 4.86. The number of carbonyl (C=O) groups excluding carboxylic acids is 1. The molecule has 1 heterocycles. The summed E-state index contributed by atoms with van der Waals surface area (Å²) in [5, 5.41) is 9.24. The normalized spacial score (nSPS) is 11.3. The molecule has 0 atom stereocenters. The van der Waals surface area contributed by atoms with E-state index in [1.165, 1.54) is 14.0 Å². The molecule has 1 aromatic heterocycles. The van der Waals surface area contributed by atoms with Crippen LogP contribution in [0.4, 0.5) is 0 Å². The van der Waals surface area contributed by atoms with Crippen LogP contribution in [0.3, 0.4) is 0 Å². The number of benzene rings is 1. The first-order valence-corrected chi connectivity index (χ1v) is 6.74. The van der Waals surface area contributed by atoms with Gasteiger partial charge in [0.1, 0.15) is 5.57 Å². The predicted octanol–water partition coefficient (Wildman–Crippen LogP) is 2.81. The predicted molar refractivity (Wildman–Crippen MR) is 82.6 cm³/mol. The fraction of sp³-hybridized carbons (Fsp3) is 0.176. The summed E-state index contributed by atoms with van der Waals surface area (Å²) in [4.78, 5) is 23.1. The van der Waals surface area contributed by atoms with Crippen LogP contribution in [0.5, 0.6) is 0 Å². The van der Waals surface area contributed by atoms with Crippen molar-refractivity contribution in [2.75, 3.05) is 7.11 Å². The molecule has 0 saturated heterocycles. The second kappa shape index (κ2) is 6.76. The van der Waals surface area contributed by atoms with Crippen molar-refractivity contribution >= 4 is 17.3 Å². The van der Waals surface area contributed by atoms with Gasteiger partial charge in [-0.25, -0.2) is 4.79 Å². The molecule has 0 radical (unpaired) electrons. The van der Waals surface area contributed by atoms with Crippen molar-refractivity contribution in [3.63, 3.8) is 0 Å². The number of Topliss-reactive ketones (excluding diaryl/α,β-unsaturated/α-hetero) is 1. The highest BCUT2D eigenvalue weighted by atomic mass is 16.5. The molecular formula is C17H17NO4. The number of carboxylic acid groups (broad SMARTS) is 1. The summed E-state index contributed by atoms with van der Waals surface area (Å²) in [6.07, 6.45) is 2.82. The Kier molecular flexibility index (Phi) is 4.78. The Balaban J connectivity index is 2.44. The molecule has 0 fully saturated rings. The van der Waals surface area contributed by atoms with Gasteiger partial charge in [-0.1, -0.05) is 30.3 Å². The minimum atomic E-state index is -1.10. The van der Waals surface area contributed by atoms with Crippen molar-refractivity contribution in [1.82, 2.24) is 4.57 Å². The van der Waals surface area contributed by atoms with Gasteiger partial charge in [0.15, 0.2) is 5.78 Å². The van der Waals surface area contributed by atoms with Crippen LogP contribution in [-0.4, -0.2) is 28.5 Å². The van der Waals surface area contributed by atoms with Crippen LogP contribution < -0.4 is 0 Å². The molecule has 5 nitrogen and oxygen atoms in total. The molecular weight excluding hydrogens is 282 g/mol. The van der Waals surface area contributed by atoms with Gasteiger partial charge < -0.3 is 14.4 Å². The van der Waals surface area contributed by atoms with Gasteiger partial charge in [-0.15, -0.1) is 0 Å². The van der Waals surface area contributed by atoms with Crippen LogP contribution in [0.1, 0.15) is 28.5 Å². The van der Waals surface area contributed by atoms with Crippen LogP contribution >= 0.6 is 0 Å². The number of carboxylic acids is 1. The van der Waals surface area contributed by atoms with Crippen LogP contribution in [-0.2, 0) is 16.1 Å². The lowest BCUT2D eigenvalue weighted by atomic mass is 10.1. The minimum Gasteiger partial charge on any atom is -0.503 e. The number of carbonyl (C=O) groups is 2. The van der Waals surface area contributed by atoms with E-state index in [0.717, 1.165) is 11.8 Å². The maximum Gasteiger partial charge on any atom is 0.339 e. The third-order valence-electron chi connectivity index (χ3n) is 3.23. The number of nitrogens with zero attached hydrogens (tertiary/aromatic N) is 1. The highest BCUT2D eigenvalue weighted by Gasteiger charge is 2.17. The largest absolute Gasteiger partial charge is 0.503 e. The van der Waals surface area contributed by atoms with E-state index in [0.29, 0.717) is 17.8 Å². The van der Waals surface area contributed by atoms with E-state index in [1.807, 2.05) is 30.3 Å². The van der Waals surface area contributed by atoms with Crippen molar-refractivity contribution in [3.05, 3.63) is 65.7 Å². The molecule has 0 amide bonds. The van der Waals surface area contributed by atoms with Crippen LogP contribution in [0, 0.1) is 0 Å². The Bertz CT molecular complexity index is 714. The minimum absolute atomic E-state index is 0.0109. The summed E-state index contributed by atoms with van der Waals surface area (Å²) in [5.74, 6) is -1.22. The standard InChI is InChI=1S/C17H17NO4/c1-12(19)16-8-14(15(11-22-2)17(20)21)10-18(16)9-13-6-4-3-5-7-13/h3-8,10-11H,9H2,1-2H3,(H,20,21)/b15-11-. The third kappa shape index (κ3) is 3.44. The molecule has 0 spiro atoms. The number of methoxy groups -OCH3 is 1. The zero-order valence-electron chi connectivity index (χ0n) is 12.4. The van der Waals surface area contributed by atoms with E-state index in [9.17, 15) is 14.7 Å². The number of hydrogen-bond acceptors (Lipinski definition) is 3. The van der Waals surface area contributed by atoms with Crippen LogP contribution in [0.15, 0.2) is 48.9 Å². The van der Waals surface area contributed by atoms with Gasteiger partial charge in [-0.3, -0.25) is 4.79 Å². The van der Waals surface area contributed by atoms with Crippen molar-refractivity contribution in [2.24, 2.45) is 0 Å². The first-order chi connectivity index (χ1) is 10.5. The number of rotatable bonds is 6. The smallest absolute Gasteiger partial charge is 0.339 e. The van der Waals surface area contributed by atoms with E-state index < -0.39 is 5.97 Å². The molecule has 0 aliphatic heterocycles. The lowest BCUT2D eigenvalue weighted by Gasteiger charge is -2.06.